The van der Waals surface area contributed by atoms with Gasteiger partial charge in [0.05, 0.1) is 0 Å². The van der Waals surface area contributed by atoms with Crippen molar-refractivity contribution in [2.45, 2.75) is 38.5 Å². The topological polar surface area (TPSA) is 12.5 Å². The summed E-state index contributed by atoms with van der Waals surface area (Å²) in [6, 6.07) is 28.2. The van der Waals surface area contributed by atoms with Crippen LogP contribution in [0.25, 0.3) is 0 Å². The number of benzene rings is 3. The molecule has 0 aromatic heterocycles. The van der Waals surface area contributed by atoms with E-state index in [0.29, 0.717) is 0 Å². The minimum absolute atomic E-state index is 0.238. The molecule has 1 aliphatic heterocycles. The van der Waals surface area contributed by atoms with Gasteiger partial charge in [0.1, 0.15) is 12.4 Å². The lowest BCUT2D eigenvalue weighted by Crippen LogP contribution is -2.33. The maximum atomic E-state index is 6.05. The van der Waals surface area contributed by atoms with Crippen molar-refractivity contribution in [1.82, 2.24) is 4.90 Å². The average Bonchev–Trinajstić information content (AvgIpc) is 2.85. The van der Waals surface area contributed by atoms with Crippen LogP contribution in [0, 0.1) is 0 Å². The standard InChI is InChI=1S/C30H35NO/c1-2-11-29(30-15-8-7-14-27(30)24-25-12-5-3-6-13-25)26-16-18-28(19-17-26)32-23-22-31-20-9-4-10-21-31/h2-3,5-8,11-19,29H,4,9-10,20-24H2,1H3. The Kier molecular flexibility index (Phi) is 8.17. The van der Waals surface area contributed by atoms with Crippen LogP contribution in [0.2, 0.25) is 0 Å². The molecule has 0 spiro atoms. The minimum atomic E-state index is 0.238. The Hall–Kier alpha value is -2.84. The van der Waals surface area contributed by atoms with Gasteiger partial charge in [-0.2, -0.15) is 0 Å². The predicted molar refractivity (Wildman–Crippen MR) is 135 cm³/mol. The summed E-state index contributed by atoms with van der Waals surface area (Å²) in [4.78, 5) is 2.52. The highest BCUT2D eigenvalue weighted by atomic mass is 16.5. The molecule has 0 bridgehead atoms. The minimum Gasteiger partial charge on any atom is -0.492 e. The Balaban J connectivity index is 1.46. The fourth-order valence-corrected chi connectivity index (χ4v) is 4.65. The predicted octanol–water partition coefficient (Wildman–Crippen LogP) is 6.85. The number of allylic oxidation sites excluding steroid dienone is 2. The van der Waals surface area contributed by atoms with Crippen molar-refractivity contribution in [3.63, 3.8) is 0 Å². The third kappa shape index (κ3) is 6.11. The van der Waals surface area contributed by atoms with Crippen molar-refractivity contribution in [2.24, 2.45) is 0 Å². The van der Waals surface area contributed by atoms with Crippen LogP contribution in [0.3, 0.4) is 0 Å². The van der Waals surface area contributed by atoms with E-state index in [1.54, 1.807) is 0 Å². The second-order valence-electron chi connectivity index (χ2n) is 8.68. The van der Waals surface area contributed by atoms with Gasteiger partial charge in [-0.3, -0.25) is 4.90 Å². The molecular weight excluding hydrogens is 390 g/mol. The average molecular weight is 426 g/mol. The Morgan fingerprint density at radius 1 is 0.844 bits per heavy atom. The van der Waals surface area contributed by atoms with Gasteiger partial charge in [0.2, 0.25) is 0 Å². The molecule has 166 valence electrons. The van der Waals surface area contributed by atoms with E-state index in [1.807, 2.05) is 0 Å². The summed E-state index contributed by atoms with van der Waals surface area (Å²) in [5, 5.41) is 0. The van der Waals surface area contributed by atoms with E-state index in [-0.39, 0.29) is 5.92 Å². The number of piperidine rings is 1. The van der Waals surface area contributed by atoms with E-state index < -0.39 is 0 Å². The Morgan fingerprint density at radius 2 is 1.56 bits per heavy atom. The first kappa shape index (κ1) is 22.4. The molecule has 4 rings (SSSR count). The lowest BCUT2D eigenvalue weighted by molar-refractivity contribution is 0.183. The first-order chi connectivity index (χ1) is 15.8. The molecule has 1 unspecified atom stereocenters. The zero-order valence-corrected chi connectivity index (χ0v) is 19.2. The number of rotatable bonds is 9. The molecule has 2 nitrogen and oxygen atoms in total. The van der Waals surface area contributed by atoms with Crippen molar-refractivity contribution in [1.29, 1.82) is 0 Å². The van der Waals surface area contributed by atoms with Crippen molar-refractivity contribution in [3.05, 3.63) is 113 Å². The first-order valence-electron chi connectivity index (χ1n) is 12.0. The zero-order chi connectivity index (χ0) is 22.0. The highest BCUT2D eigenvalue weighted by Gasteiger charge is 2.15. The fraction of sp³-hybridized carbons (Fsp3) is 0.333. The monoisotopic (exact) mass is 425 g/mol. The molecule has 1 saturated heterocycles. The molecule has 0 N–H and O–H groups in total. The van der Waals surface area contributed by atoms with Crippen molar-refractivity contribution < 1.29 is 4.74 Å². The Morgan fingerprint density at radius 3 is 2.31 bits per heavy atom. The number of likely N-dealkylation sites (tertiary alicyclic amines) is 1. The lowest BCUT2D eigenvalue weighted by atomic mass is 9.86. The second-order valence-corrected chi connectivity index (χ2v) is 8.68. The quantitative estimate of drug-likeness (QED) is 0.348. The van der Waals surface area contributed by atoms with Crippen LogP contribution in [0.1, 0.15) is 54.4 Å². The summed E-state index contributed by atoms with van der Waals surface area (Å²) in [6.07, 6.45) is 9.44. The van der Waals surface area contributed by atoms with Crippen LogP contribution < -0.4 is 4.74 Å². The van der Waals surface area contributed by atoms with Crippen LogP contribution in [-0.2, 0) is 6.42 Å². The SMILES string of the molecule is CC=CC(c1ccc(OCCN2CCCCC2)cc1)c1ccccc1Cc1ccccc1. The van der Waals surface area contributed by atoms with Gasteiger partial charge in [-0.15, -0.1) is 0 Å². The highest BCUT2D eigenvalue weighted by Crippen LogP contribution is 2.31. The molecule has 1 fully saturated rings. The van der Waals surface area contributed by atoms with E-state index in [4.69, 9.17) is 4.74 Å². The molecule has 2 heteroatoms. The largest absolute Gasteiger partial charge is 0.492 e. The molecule has 1 heterocycles. The van der Waals surface area contributed by atoms with Crippen molar-refractivity contribution >= 4 is 0 Å². The molecule has 0 radical (unpaired) electrons. The van der Waals surface area contributed by atoms with Gasteiger partial charge in [0.15, 0.2) is 0 Å². The van der Waals surface area contributed by atoms with Crippen LogP contribution >= 0.6 is 0 Å². The Labute approximate surface area is 193 Å². The molecular formula is C30H35NO. The summed E-state index contributed by atoms with van der Waals surface area (Å²) in [7, 11) is 0. The smallest absolute Gasteiger partial charge is 0.119 e. The first-order valence-corrected chi connectivity index (χ1v) is 12.0. The third-order valence-electron chi connectivity index (χ3n) is 6.38. The maximum absolute atomic E-state index is 6.05. The van der Waals surface area contributed by atoms with Gasteiger partial charge in [0.25, 0.3) is 0 Å². The van der Waals surface area contributed by atoms with Crippen LogP contribution in [0.15, 0.2) is 91.0 Å². The van der Waals surface area contributed by atoms with Gasteiger partial charge in [-0.05, 0) is 73.7 Å². The van der Waals surface area contributed by atoms with Crippen molar-refractivity contribution in [2.75, 3.05) is 26.2 Å². The number of hydrogen-bond donors (Lipinski definition) is 0. The summed E-state index contributed by atoms with van der Waals surface area (Å²) >= 11 is 0. The maximum Gasteiger partial charge on any atom is 0.119 e. The third-order valence-corrected chi connectivity index (χ3v) is 6.38. The molecule has 0 aliphatic carbocycles. The summed E-state index contributed by atoms with van der Waals surface area (Å²) in [5.41, 5.74) is 5.39. The Bertz CT molecular complexity index is 971. The lowest BCUT2D eigenvalue weighted by Gasteiger charge is -2.26. The van der Waals surface area contributed by atoms with Crippen LogP contribution in [0.4, 0.5) is 0 Å². The normalized spacial score (nSPS) is 15.7. The fourth-order valence-electron chi connectivity index (χ4n) is 4.65. The van der Waals surface area contributed by atoms with E-state index in [1.165, 1.54) is 54.6 Å². The van der Waals surface area contributed by atoms with E-state index >= 15 is 0 Å². The second kappa shape index (κ2) is 11.7. The highest BCUT2D eigenvalue weighted by molar-refractivity contribution is 5.44. The van der Waals surface area contributed by atoms with E-state index in [9.17, 15) is 0 Å². The van der Waals surface area contributed by atoms with Gasteiger partial charge in [0, 0.05) is 12.5 Å². The van der Waals surface area contributed by atoms with E-state index in [2.05, 4.69) is 103 Å². The summed E-state index contributed by atoms with van der Waals surface area (Å²) in [6.45, 7) is 6.32. The van der Waals surface area contributed by atoms with Gasteiger partial charge in [-0.1, -0.05) is 85.3 Å². The molecule has 0 saturated carbocycles. The van der Waals surface area contributed by atoms with E-state index in [0.717, 1.165) is 25.3 Å². The molecule has 1 aliphatic rings. The summed E-state index contributed by atoms with van der Waals surface area (Å²) in [5.74, 6) is 1.20. The van der Waals surface area contributed by atoms with Gasteiger partial charge >= 0.3 is 0 Å². The van der Waals surface area contributed by atoms with Crippen LogP contribution in [-0.4, -0.2) is 31.1 Å². The number of ether oxygens (including phenoxy) is 1. The molecule has 0 amide bonds. The van der Waals surface area contributed by atoms with Crippen LogP contribution in [0.5, 0.6) is 5.75 Å². The zero-order valence-electron chi connectivity index (χ0n) is 19.2. The molecule has 3 aromatic rings. The molecule has 32 heavy (non-hydrogen) atoms. The van der Waals surface area contributed by atoms with Crippen molar-refractivity contribution in [3.8, 4) is 5.75 Å². The molecule has 1 atom stereocenters. The van der Waals surface area contributed by atoms with Gasteiger partial charge < -0.3 is 4.74 Å². The molecule has 3 aromatic carbocycles. The number of nitrogens with zero attached hydrogens (tertiary/aromatic N) is 1. The summed E-state index contributed by atoms with van der Waals surface area (Å²) < 4.78 is 6.05. The van der Waals surface area contributed by atoms with Gasteiger partial charge in [-0.25, -0.2) is 0 Å². The number of hydrogen-bond acceptors (Lipinski definition) is 2.